The van der Waals surface area contributed by atoms with Crippen molar-refractivity contribution in [1.29, 1.82) is 0 Å². The van der Waals surface area contributed by atoms with Crippen LogP contribution in [0.15, 0.2) is 30.3 Å². The van der Waals surface area contributed by atoms with Crippen LogP contribution in [0.1, 0.15) is 12.5 Å². The molecule has 0 heterocycles. The maximum Gasteiger partial charge on any atom is 0.334 e. The van der Waals surface area contributed by atoms with Crippen LogP contribution in [-0.2, 0) is 20.9 Å². The van der Waals surface area contributed by atoms with Gasteiger partial charge >= 0.3 is 5.97 Å². The molecule has 0 bridgehead atoms. The normalized spacial score (nSPS) is 12.1. The maximum absolute atomic E-state index is 11.0. The molecule has 0 unspecified atom stereocenters. The first kappa shape index (κ1) is 10.7. The van der Waals surface area contributed by atoms with Crippen LogP contribution in [0.2, 0.25) is 0 Å². The summed E-state index contributed by atoms with van der Waals surface area (Å²) in [4.78, 5) is 11.0. The van der Waals surface area contributed by atoms with Crippen LogP contribution < -0.4 is 0 Å². The van der Waals surface area contributed by atoms with E-state index < -0.39 is 6.10 Å². The number of esters is 1. The van der Waals surface area contributed by atoms with E-state index in [0.29, 0.717) is 6.61 Å². The van der Waals surface area contributed by atoms with Gasteiger partial charge in [-0.2, -0.15) is 0 Å². The Hall–Kier alpha value is -1.35. The van der Waals surface area contributed by atoms with Gasteiger partial charge in [0.15, 0.2) is 6.10 Å². The van der Waals surface area contributed by atoms with E-state index >= 15 is 0 Å². The van der Waals surface area contributed by atoms with Gasteiger partial charge in [0.2, 0.25) is 0 Å². The summed E-state index contributed by atoms with van der Waals surface area (Å²) in [5.74, 6) is -0.346. The lowest BCUT2D eigenvalue weighted by molar-refractivity contribution is -0.153. The highest BCUT2D eigenvalue weighted by molar-refractivity contribution is 5.73. The van der Waals surface area contributed by atoms with E-state index in [9.17, 15) is 4.79 Å². The van der Waals surface area contributed by atoms with Gasteiger partial charge < -0.3 is 9.47 Å². The topological polar surface area (TPSA) is 35.5 Å². The third-order valence-corrected chi connectivity index (χ3v) is 1.88. The molecule has 1 aromatic rings. The molecule has 0 aromatic heterocycles. The fourth-order valence-corrected chi connectivity index (χ4v) is 1.03. The molecular formula is C11H14O3. The standard InChI is InChI=1S/C11H14O3/c1-9(11(12)13-2)14-8-10-6-4-3-5-7-10/h3-7,9H,8H2,1-2H3/t9-/m0/s1. The highest BCUT2D eigenvalue weighted by atomic mass is 16.6. The summed E-state index contributed by atoms with van der Waals surface area (Å²) < 4.78 is 9.84. The molecule has 0 fully saturated rings. The molecule has 3 heteroatoms. The molecule has 76 valence electrons. The number of rotatable bonds is 4. The fraction of sp³-hybridized carbons (Fsp3) is 0.364. The van der Waals surface area contributed by atoms with Crippen molar-refractivity contribution >= 4 is 5.97 Å². The van der Waals surface area contributed by atoms with Gasteiger partial charge in [0.1, 0.15) is 0 Å². The summed E-state index contributed by atoms with van der Waals surface area (Å²) in [5.41, 5.74) is 1.04. The summed E-state index contributed by atoms with van der Waals surface area (Å²) in [7, 11) is 1.35. The van der Waals surface area contributed by atoms with Crippen LogP contribution in [0.4, 0.5) is 0 Å². The molecule has 0 aliphatic carbocycles. The summed E-state index contributed by atoms with van der Waals surface area (Å²) in [6.07, 6.45) is -0.514. The first-order valence-electron chi connectivity index (χ1n) is 4.47. The minimum Gasteiger partial charge on any atom is -0.467 e. The number of carbonyl (C=O) groups excluding carboxylic acids is 1. The van der Waals surface area contributed by atoms with E-state index in [1.165, 1.54) is 7.11 Å². The Morgan fingerprint density at radius 3 is 2.57 bits per heavy atom. The van der Waals surface area contributed by atoms with Gasteiger partial charge in [-0.15, -0.1) is 0 Å². The van der Waals surface area contributed by atoms with Crippen LogP contribution in [0, 0.1) is 0 Å². The van der Waals surface area contributed by atoms with Crippen LogP contribution in [0.3, 0.4) is 0 Å². The third-order valence-electron chi connectivity index (χ3n) is 1.88. The number of hydrogen-bond acceptors (Lipinski definition) is 3. The monoisotopic (exact) mass is 194 g/mol. The summed E-state index contributed by atoms with van der Waals surface area (Å²) in [6, 6.07) is 9.70. The Labute approximate surface area is 83.6 Å². The zero-order valence-corrected chi connectivity index (χ0v) is 8.40. The molecule has 0 aliphatic heterocycles. The highest BCUT2D eigenvalue weighted by Gasteiger charge is 2.12. The second-order valence-electron chi connectivity index (χ2n) is 2.96. The Morgan fingerprint density at radius 2 is 2.00 bits per heavy atom. The van der Waals surface area contributed by atoms with E-state index in [0.717, 1.165) is 5.56 Å². The van der Waals surface area contributed by atoms with Gasteiger partial charge in [0, 0.05) is 0 Å². The number of hydrogen-bond donors (Lipinski definition) is 0. The van der Waals surface area contributed by atoms with Crippen molar-refractivity contribution in [1.82, 2.24) is 0 Å². The number of methoxy groups -OCH3 is 1. The lowest BCUT2D eigenvalue weighted by Crippen LogP contribution is -2.21. The number of benzene rings is 1. The SMILES string of the molecule is COC(=O)[C@H](C)OCc1ccccc1. The molecule has 1 aromatic carbocycles. The van der Waals surface area contributed by atoms with Crippen LogP contribution in [-0.4, -0.2) is 19.2 Å². The molecule has 14 heavy (non-hydrogen) atoms. The van der Waals surface area contributed by atoms with E-state index in [2.05, 4.69) is 4.74 Å². The fourth-order valence-electron chi connectivity index (χ4n) is 1.03. The van der Waals surface area contributed by atoms with Gasteiger partial charge in [0.25, 0.3) is 0 Å². The first-order valence-corrected chi connectivity index (χ1v) is 4.47. The van der Waals surface area contributed by atoms with E-state index in [4.69, 9.17) is 4.74 Å². The van der Waals surface area contributed by atoms with Gasteiger partial charge in [0.05, 0.1) is 13.7 Å². The zero-order valence-electron chi connectivity index (χ0n) is 8.40. The van der Waals surface area contributed by atoms with E-state index in [1.807, 2.05) is 30.3 Å². The average molecular weight is 194 g/mol. The Morgan fingerprint density at radius 1 is 1.36 bits per heavy atom. The molecule has 0 saturated carbocycles. The molecule has 1 atom stereocenters. The lowest BCUT2D eigenvalue weighted by Gasteiger charge is -2.10. The Bertz CT molecular complexity index is 282. The smallest absolute Gasteiger partial charge is 0.334 e. The predicted molar refractivity (Wildman–Crippen MR) is 52.7 cm³/mol. The quantitative estimate of drug-likeness (QED) is 0.685. The molecule has 1 rings (SSSR count). The largest absolute Gasteiger partial charge is 0.467 e. The van der Waals surface area contributed by atoms with Gasteiger partial charge in [-0.3, -0.25) is 0 Å². The van der Waals surface area contributed by atoms with Crippen molar-refractivity contribution in [2.75, 3.05) is 7.11 Å². The summed E-state index contributed by atoms with van der Waals surface area (Å²) in [6.45, 7) is 2.10. The van der Waals surface area contributed by atoms with Crippen LogP contribution >= 0.6 is 0 Å². The number of ether oxygens (including phenoxy) is 2. The predicted octanol–water partition coefficient (Wildman–Crippen LogP) is 1.76. The van der Waals surface area contributed by atoms with Crippen molar-refractivity contribution in [3.05, 3.63) is 35.9 Å². The molecule has 3 nitrogen and oxygen atoms in total. The van der Waals surface area contributed by atoms with Crippen molar-refractivity contribution < 1.29 is 14.3 Å². The second-order valence-corrected chi connectivity index (χ2v) is 2.96. The summed E-state index contributed by atoms with van der Waals surface area (Å²) in [5, 5.41) is 0. The number of carbonyl (C=O) groups is 1. The zero-order chi connectivity index (χ0) is 10.4. The second kappa shape index (κ2) is 5.40. The van der Waals surface area contributed by atoms with Gasteiger partial charge in [-0.25, -0.2) is 4.79 Å². The minimum absolute atomic E-state index is 0.346. The molecule has 0 aliphatic rings. The van der Waals surface area contributed by atoms with Crippen molar-refractivity contribution in [3.63, 3.8) is 0 Å². The minimum atomic E-state index is -0.514. The third kappa shape index (κ3) is 3.18. The van der Waals surface area contributed by atoms with Crippen molar-refractivity contribution in [2.45, 2.75) is 19.6 Å². The van der Waals surface area contributed by atoms with Gasteiger partial charge in [-0.1, -0.05) is 30.3 Å². The van der Waals surface area contributed by atoms with Crippen molar-refractivity contribution in [2.24, 2.45) is 0 Å². The molecular weight excluding hydrogens is 180 g/mol. The van der Waals surface area contributed by atoms with Crippen LogP contribution in [0.5, 0.6) is 0 Å². The molecule has 0 N–H and O–H groups in total. The average Bonchev–Trinajstić information content (AvgIpc) is 2.26. The first-order chi connectivity index (χ1) is 6.74. The lowest BCUT2D eigenvalue weighted by atomic mass is 10.2. The Balaban J connectivity index is 2.38. The Kier molecular flexibility index (Phi) is 4.13. The van der Waals surface area contributed by atoms with Gasteiger partial charge in [-0.05, 0) is 12.5 Å². The van der Waals surface area contributed by atoms with Crippen LogP contribution in [0.25, 0.3) is 0 Å². The van der Waals surface area contributed by atoms with E-state index in [1.54, 1.807) is 6.92 Å². The highest BCUT2D eigenvalue weighted by Crippen LogP contribution is 2.03. The van der Waals surface area contributed by atoms with Crippen molar-refractivity contribution in [3.8, 4) is 0 Å². The molecule has 0 amide bonds. The maximum atomic E-state index is 11.0. The van der Waals surface area contributed by atoms with E-state index in [-0.39, 0.29) is 5.97 Å². The summed E-state index contributed by atoms with van der Waals surface area (Å²) >= 11 is 0. The molecule has 0 radical (unpaired) electrons. The molecule has 0 spiro atoms. The molecule has 0 saturated heterocycles.